The van der Waals surface area contributed by atoms with Crippen LogP contribution in [0.15, 0.2) is 12.5 Å². The third-order valence-corrected chi connectivity index (χ3v) is 8.44. The Kier molecular flexibility index (Phi) is 21.2. The fourth-order valence-corrected chi connectivity index (χ4v) is 5.90. The molecule has 0 spiro atoms. The third kappa shape index (κ3) is 19.6. The molecule has 1 aromatic heterocycles. The minimum absolute atomic E-state index is 0.0320. The summed E-state index contributed by atoms with van der Waals surface area (Å²) in [6, 6.07) is -6.22. The Morgan fingerprint density at radius 2 is 0.909 bits per heavy atom. The monoisotopic (exact) mass is 778 g/mol. The number of aromatic amines is 1. The van der Waals surface area contributed by atoms with E-state index in [4.69, 9.17) is 10.8 Å². The summed E-state index contributed by atoms with van der Waals surface area (Å²) in [5, 5.41) is 25.1. The number of H-pyrrole nitrogens is 1. The zero-order chi connectivity index (χ0) is 42.0. The van der Waals surface area contributed by atoms with Gasteiger partial charge in [0.05, 0.1) is 18.1 Å². The van der Waals surface area contributed by atoms with Crippen molar-refractivity contribution in [1.82, 2.24) is 41.9 Å². The Labute approximate surface area is 325 Å². The minimum Gasteiger partial charge on any atom is -0.480 e. The number of hydrogen-bond acceptors (Lipinski definition) is 9. The number of nitrogens with zero attached hydrogens (tertiary/aromatic N) is 1. The van der Waals surface area contributed by atoms with Crippen molar-refractivity contribution in [2.24, 2.45) is 35.3 Å². The van der Waals surface area contributed by atoms with Crippen molar-refractivity contribution < 1.29 is 38.7 Å². The smallest absolute Gasteiger partial charge is 0.322 e. The predicted octanol–water partition coefficient (Wildman–Crippen LogP) is 1.13. The van der Waals surface area contributed by atoms with E-state index in [1.165, 1.54) is 12.5 Å². The number of aliphatic carboxylic acids is 1. The van der Waals surface area contributed by atoms with Crippen LogP contribution in [0, 0.1) is 29.6 Å². The van der Waals surface area contributed by atoms with E-state index < -0.39 is 84.2 Å². The summed E-state index contributed by atoms with van der Waals surface area (Å²) in [7, 11) is 0. The SMILES string of the molecule is CC(C)C[C@H](NC(=O)[C@H](CC(C)C)NC(=O)[C@H](CC(C)C)NC(=O)[C@H](CC(C)C)NC(=O)[C@@H](N)CC(C)C)C(=O)N[C@@H](Cc1c[nH]cn1)C(=O)NCC(=O)O. The van der Waals surface area contributed by atoms with E-state index in [1.807, 2.05) is 69.2 Å². The van der Waals surface area contributed by atoms with Gasteiger partial charge in [0.15, 0.2) is 0 Å². The normalized spacial score (nSPS) is 14.8. The molecule has 0 fully saturated rings. The van der Waals surface area contributed by atoms with Gasteiger partial charge < -0.3 is 47.7 Å². The van der Waals surface area contributed by atoms with E-state index in [0.717, 1.165) is 0 Å². The van der Waals surface area contributed by atoms with Gasteiger partial charge >= 0.3 is 5.97 Å². The van der Waals surface area contributed by atoms with Crippen LogP contribution in [0.5, 0.6) is 0 Å². The zero-order valence-electron chi connectivity index (χ0n) is 34.3. The highest BCUT2D eigenvalue weighted by Crippen LogP contribution is 2.13. The van der Waals surface area contributed by atoms with Gasteiger partial charge in [0, 0.05) is 12.6 Å². The number of carbonyl (C=O) groups excluding carboxylic acids is 6. The standard InChI is InChI=1S/C38H67N9O8/c1-20(2)11-26(39)33(50)43-27(12-21(3)4)35(52)44-28(13-22(5)6)36(53)45-29(14-23(7)8)37(54)46-30(15-24(9)10)38(55)47-31(16-25-17-40-19-42-25)34(51)41-18-32(48)49/h17,19-24,26-31H,11-16,18,39H2,1-10H3,(H,40,42)(H,41,51)(H,43,50)(H,44,52)(H,45,53)(H,46,54)(H,47,55)(H,48,49)/t26-,27-,28-,29-,30-,31-/m0/s1. The van der Waals surface area contributed by atoms with Crippen molar-refractivity contribution >= 4 is 41.4 Å². The summed E-state index contributed by atoms with van der Waals surface area (Å²) in [6.45, 7) is 18.3. The number of nitrogens with two attached hydrogens (primary N) is 1. The Morgan fingerprint density at radius 3 is 1.22 bits per heavy atom. The quantitative estimate of drug-likeness (QED) is 0.0683. The maximum atomic E-state index is 13.9. The molecule has 17 nitrogen and oxygen atoms in total. The second-order valence-corrected chi connectivity index (χ2v) is 16.4. The molecule has 0 aliphatic rings. The Balaban J connectivity index is 3.29. The number of amides is 6. The van der Waals surface area contributed by atoms with Gasteiger partial charge in [0.2, 0.25) is 35.4 Å². The van der Waals surface area contributed by atoms with Gasteiger partial charge in [-0.15, -0.1) is 0 Å². The lowest BCUT2D eigenvalue weighted by Gasteiger charge is -2.29. The van der Waals surface area contributed by atoms with Crippen LogP contribution < -0.4 is 37.6 Å². The van der Waals surface area contributed by atoms with Crippen LogP contribution in [-0.4, -0.2) is 99.3 Å². The molecule has 0 saturated carbocycles. The van der Waals surface area contributed by atoms with Crippen LogP contribution in [0.4, 0.5) is 0 Å². The number of carboxylic acid groups (broad SMARTS) is 1. The molecule has 6 amide bonds. The summed E-state index contributed by atoms with van der Waals surface area (Å²) in [4.78, 5) is 99.0. The van der Waals surface area contributed by atoms with Crippen molar-refractivity contribution in [3.63, 3.8) is 0 Å². The van der Waals surface area contributed by atoms with Crippen molar-refractivity contribution in [3.05, 3.63) is 18.2 Å². The van der Waals surface area contributed by atoms with Gasteiger partial charge in [0.1, 0.15) is 36.8 Å². The molecule has 55 heavy (non-hydrogen) atoms. The van der Waals surface area contributed by atoms with E-state index in [0.29, 0.717) is 18.5 Å². The Morgan fingerprint density at radius 1 is 0.564 bits per heavy atom. The molecule has 10 N–H and O–H groups in total. The fourth-order valence-electron chi connectivity index (χ4n) is 5.90. The van der Waals surface area contributed by atoms with Gasteiger partial charge in [0.25, 0.3) is 0 Å². The summed E-state index contributed by atoms with van der Waals surface area (Å²) in [6.07, 6.45) is 4.26. The molecule has 0 unspecified atom stereocenters. The molecule has 0 bridgehead atoms. The molecular weight excluding hydrogens is 710 g/mol. The van der Waals surface area contributed by atoms with Gasteiger partial charge in [-0.25, -0.2) is 4.98 Å². The lowest BCUT2D eigenvalue weighted by atomic mass is 9.97. The first kappa shape index (κ1) is 48.5. The summed E-state index contributed by atoms with van der Waals surface area (Å²) >= 11 is 0. The van der Waals surface area contributed by atoms with Crippen LogP contribution in [0.25, 0.3) is 0 Å². The first-order valence-electron chi connectivity index (χ1n) is 19.3. The number of imidazole rings is 1. The highest BCUT2D eigenvalue weighted by atomic mass is 16.4. The molecule has 0 radical (unpaired) electrons. The maximum Gasteiger partial charge on any atom is 0.322 e. The van der Waals surface area contributed by atoms with Gasteiger partial charge in [-0.1, -0.05) is 69.2 Å². The van der Waals surface area contributed by atoms with Gasteiger partial charge in [-0.2, -0.15) is 0 Å². The second-order valence-electron chi connectivity index (χ2n) is 16.4. The fraction of sp³-hybridized carbons (Fsp3) is 0.737. The number of aromatic nitrogens is 2. The summed E-state index contributed by atoms with van der Waals surface area (Å²) < 4.78 is 0. The van der Waals surface area contributed by atoms with Crippen molar-refractivity contribution in [2.45, 2.75) is 144 Å². The van der Waals surface area contributed by atoms with Crippen molar-refractivity contribution in [3.8, 4) is 0 Å². The Bertz CT molecular complexity index is 1400. The summed E-state index contributed by atoms with van der Waals surface area (Å²) in [5.41, 5.74) is 6.53. The van der Waals surface area contributed by atoms with E-state index in [1.54, 1.807) is 0 Å². The topological polar surface area (TPSA) is 267 Å². The molecule has 0 aliphatic carbocycles. The van der Waals surface area contributed by atoms with E-state index in [9.17, 15) is 33.6 Å². The predicted molar refractivity (Wildman–Crippen MR) is 208 cm³/mol. The highest BCUT2D eigenvalue weighted by molar-refractivity contribution is 5.97. The minimum atomic E-state index is -1.26. The maximum absolute atomic E-state index is 13.9. The number of hydrogen-bond donors (Lipinski definition) is 9. The molecule has 1 heterocycles. The average molecular weight is 778 g/mol. The Hall–Kier alpha value is -4.54. The van der Waals surface area contributed by atoms with E-state index >= 15 is 0 Å². The molecule has 1 aromatic rings. The highest BCUT2D eigenvalue weighted by Gasteiger charge is 2.34. The lowest BCUT2D eigenvalue weighted by Crippen LogP contribution is -2.60. The lowest BCUT2D eigenvalue weighted by molar-refractivity contribution is -0.138. The summed E-state index contributed by atoms with van der Waals surface area (Å²) in [5.74, 6) is -4.91. The molecule has 0 saturated heterocycles. The molecule has 1 rings (SSSR count). The van der Waals surface area contributed by atoms with Crippen LogP contribution >= 0.6 is 0 Å². The first-order valence-corrected chi connectivity index (χ1v) is 19.3. The molecule has 0 aromatic carbocycles. The number of nitrogens with one attached hydrogen (secondary N) is 7. The van der Waals surface area contributed by atoms with Crippen LogP contribution in [0.3, 0.4) is 0 Å². The third-order valence-electron chi connectivity index (χ3n) is 8.44. The van der Waals surface area contributed by atoms with Crippen LogP contribution in [-0.2, 0) is 40.0 Å². The van der Waals surface area contributed by atoms with Crippen LogP contribution in [0.1, 0.15) is 107 Å². The molecular formula is C38H67N9O8. The molecule has 17 heteroatoms. The van der Waals surface area contributed by atoms with Crippen molar-refractivity contribution in [1.29, 1.82) is 0 Å². The first-order chi connectivity index (χ1) is 25.6. The zero-order valence-corrected chi connectivity index (χ0v) is 34.3. The van der Waals surface area contributed by atoms with Crippen molar-refractivity contribution in [2.75, 3.05) is 6.54 Å². The second kappa shape index (κ2) is 24.1. The van der Waals surface area contributed by atoms with Gasteiger partial charge in [-0.3, -0.25) is 33.6 Å². The van der Waals surface area contributed by atoms with Crippen LogP contribution in [0.2, 0.25) is 0 Å². The number of carbonyl (C=O) groups is 7. The van der Waals surface area contributed by atoms with E-state index in [-0.39, 0.29) is 55.3 Å². The van der Waals surface area contributed by atoms with E-state index in [2.05, 4.69) is 41.9 Å². The molecule has 312 valence electrons. The number of rotatable bonds is 25. The number of carboxylic acids is 1. The molecule has 6 atom stereocenters. The average Bonchev–Trinajstić information content (AvgIpc) is 3.57. The van der Waals surface area contributed by atoms with Gasteiger partial charge in [-0.05, 0) is 61.7 Å². The molecule has 0 aliphatic heterocycles. The largest absolute Gasteiger partial charge is 0.480 e.